The topological polar surface area (TPSA) is 116 Å². The molecule has 2 saturated heterocycles. The summed E-state index contributed by atoms with van der Waals surface area (Å²) in [6.07, 6.45) is 2.52. The quantitative estimate of drug-likeness (QED) is 0.214. The van der Waals surface area contributed by atoms with Crippen LogP contribution in [0.25, 0.3) is 0 Å². The van der Waals surface area contributed by atoms with E-state index < -0.39 is 52.4 Å². The number of aromatic hydroxyl groups is 1. The highest BCUT2D eigenvalue weighted by Crippen LogP contribution is 2.64. The summed E-state index contributed by atoms with van der Waals surface area (Å²) >= 11 is 12.7. The lowest BCUT2D eigenvalue weighted by molar-refractivity contribution is -0.146. The molecule has 0 spiro atoms. The fourth-order valence-corrected chi connectivity index (χ4v) is 9.49. The predicted octanol–water partition coefficient (Wildman–Crippen LogP) is 7.11. The number of fused-ring (bicyclic) bond motifs is 4. The van der Waals surface area contributed by atoms with Gasteiger partial charge in [0.15, 0.2) is 0 Å². The van der Waals surface area contributed by atoms with Gasteiger partial charge < -0.3 is 9.84 Å². The van der Waals surface area contributed by atoms with Crippen LogP contribution in [-0.2, 0) is 24.6 Å². The number of hydrogen-bond donors (Lipinski definition) is 2. The molecule has 50 heavy (non-hydrogen) atoms. The number of phenols is 1. The Labute approximate surface area is 301 Å². The summed E-state index contributed by atoms with van der Waals surface area (Å²) in [4.78, 5) is 59.7. The van der Waals surface area contributed by atoms with Gasteiger partial charge in [-0.25, -0.2) is 0 Å². The number of halogens is 2. The molecule has 2 heterocycles. The van der Waals surface area contributed by atoms with Crippen molar-refractivity contribution in [3.8, 4) is 11.5 Å². The number of phenolic OH excluding ortho intramolecular Hbond substituents is 1. The summed E-state index contributed by atoms with van der Waals surface area (Å²) in [6, 6.07) is 15.6. The van der Waals surface area contributed by atoms with Gasteiger partial charge in [-0.05, 0) is 106 Å². The number of benzene rings is 3. The van der Waals surface area contributed by atoms with Crippen LogP contribution in [-0.4, -0.2) is 51.3 Å². The molecule has 0 radical (unpaired) electrons. The van der Waals surface area contributed by atoms with E-state index in [1.807, 2.05) is 51.1 Å². The number of methoxy groups -OCH3 is 1. The number of allylic oxidation sites excluding steroid dienone is 2. The molecule has 2 N–H and O–H groups in total. The first-order chi connectivity index (χ1) is 23.6. The van der Waals surface area contributed by atoms with Crippen molar-refractivity contribution in [2.75, 3.05) is 12.5 Å². The maximum Gasteiger partial charge on any atom is 0.260 e. The number of nitrogens with one attached hydrogen (secondary N) is 1. The lowest BCUT2D eigenvalue weighted by Crippen LogP contribution is -2.53. The van der Waals surface area contributed by atoms with Gasteiger partial charge in [0.2, 0.25) is 11.8 Å². The van der Waals surface area contributed by atoms with Crippen LogP contribution in [0.3, 0.4) is 0 Å². The maximum atomic E-state index is 15.4. The average Bonchev–Trinajstić information content (AvgIpc) is 3.45. The average molecular weight is 717 g/mol. The monoisotopic (exact) mass is 715 g/mol. The second-order valence-electron chi connectivity index (χ2n) is 14.9. The predicted molar refractivity (Wildman–Crippen MR) is 190 cm³/mol. The lowest BCUT2D eigenvalue weighted by Gasteiger charge is -2.50. The van der Waals surface area contributed by atoms with Gasteiger partial charge in [-0.2, -0.15) is 5.01 Å². The smallest absolute Gasteiger partial charge is 0.260 e. The summed E-state index contributed by atoms with van der Waals surface area (Å²) < 4.78 is 5.47. The largest absolute Gasteiger partial charge is 0.507 e. The van der Waals surface area contributed by atoms with Gasteiger partial charge in [0.05, 0.1) is 41.0 Å². The molecule has 9 nitrogen and oxygen atoms in total. The number of hydrogen-bond acceptors (Lipinski definition) is 7. The Morgan fingerprint density at radius 3 is 2.16 bits per heavy atom. The number of nitrogens with zero attached hydrogens (tertiary/aromatic N) is 2. The van der Waals surface area contributed by atoms with Crippen LogP contribution in [0, 0.1) is 37.5 Å². The van der Waals surface area contributed by atoms with Gasteiger partial charge in [0, 0.05) is 16.5 Å². The zero-order valence-electron chi connectivity index (χ0n) is 28.7. The fourth-order valence-electron chi connectivity index (χ4n) is 9.04. The highest BCUT2D eigenvalue weighted by molar-refractivity contribution is 6.36. The Hall–Kier alpha value is -4.34. The number of aryl methyl sites for hydroxylation is 2. The van der Waals surface area contributed by atoms with Crippen LogP contribution in [0.2, 0.25) is 10.0 Å². The Bertz CT molecular complexity index is 1980. The molecular weight excluding hydrogens is 677 g/mol. The molecule has 0 aromatic heterocycles. The third kappa shape index (κ3) is 4.88. The second kappa shape index (κ2) is 11.9. The summed E-state index contributed by atoms with van der Waals surface area (Å²) in [6.45, 7) is 9.14. The van der Waals surface area contributed by atoms with Crippen LogP contribution in [0.5, 0.6) is 11.5 Å². The summed E-state index contributed by atoms with van der Waals surface area (Å²) in [7, 11) is 1.56. The van der Waals surface area contributed by atoms with E-state index in [0.717, 1.165) is 16.1 Å². The molecular formula is C39H39Cl2N3O6. The number of ether oxygens (including phenoxy) is 1. The van der Waals surface area contributed by atoms with Crippen molar-refractivity contribution in [3.05, 3.63) is 98.5 Å². The van der Waals surface area contributed by atoms with Gasteiger partial charge in [0.1, 0.15) is 11.5 Å². The zero-order chi connectivity index (χ0) is 36.0. The lowest BCUT2D eigenvalue weighted by atomic mass is 9.49. The summed E-state index contributed by atoms with van der Waals surface area (Å²) in [5, 5.41) is 12.5. The minimum absolute atomic E-state index is 0.140. The molecule has 6 atom stereocenters. The van der Waals surface area contributed by atoms with E-state index >= 15 is 4.79 Å². The van der Waals surface area contributed by atoms with Crippen molar-refractivity contribution in [2.24, 2.45) is 23.7 Å². The van der Waals surface area contributed by atoms with E-state index in [1.165, 1.54) is 11.0 Å². The molecule has 7 rings (SSSR count). The Kier molecular flexibility index (Phi) is 8.11. The fraction of sp³-hybridized carbons (Fsp3) is 0.385. The second-order valence-corrected chi connectivity index (χ2v) is 15.7. The first-order valence-corrected chi connectivity index (χ1v) is 17.5. The molecule has 260 valence electrons. The van der Waals surface area contributed by atoms with E-state index in [4.69, 9.17) is 27.9 Å². The highest BCUT2D eigenvalue weighted by atomic mass is 35.5. The van der Waals surface area contributed by atoms with Crippen LogP contribution < -0.4 is 10.2 Å². The number of hydrazine groups is 1. The Morgan fingerprint density at radius 2 is 1.56 bits per heavy atom. The molecule has 11 heteroatoms. The number of amides is 4. The molecule has 1 saturated carbocycles. The van der Waals surface area contributed by atoms with Crippen LogP contribution in [0.15, 0.2) is 66.2 Å². The number of anilines is 1. The third-order valence-electron chi connectivity index (χ3n) is 11.1. The van der Waals surface area contributed by atoms with E-state index in [-0.39, 0.29) is 29.0 Å². The van der Waals surface area contributed by atoms with E-state index in [2.05, 4.69) is 5.43 Å². The number of carbonyl (C=O) groups excluding carboxylic acids is 4. The van der Waals surface area contributed by atoms with E-state index in [9.17, 15) is 19.5 Å². The molecule has 2 aliphatic heterocycles. The maximum absolute atomic E-state index is 15.4. The van der Waals surface area contributed by atoms with Crippen LogP contribution >= 0.6 is 23.2 Å². The molecule has 4 aliphatic rings. The van der Waals surface area contributed by atoms with Gasteiger partial charge in [-0.15, -0.1) is 0 Å². The van der Waals surface area contributed by atoms with Gasteiger partial charge in [-0.3, -0.25) is 29.5 Å². The summed E-state index contributed by atoms with van der Waals surface area (Å²) in [5.41, 5.74) is 4.53. The zero-order valence-corrected chi connectivity index (χ0v) is 30.2. The van der Waals surface area contributed by atoms with Gasteiger partial charge in [0.25, 0.3) is 11.8 Å². The molecule has 4 amide bonds. The third-order valence-corrected chi connectivity index (χ3v) is 11.6. The number of likely N-dealkylation sites (tertiary alicyclic amines) is 1. The van der Waals surface area contributed by atoms with E-state index in [1.54, 1.807) is 45.2 Å². The van der Waals surface area contributed by atoms with Crippen LogP contribution in [0.4, 0.5) is 5.69 Å². The van der Waals surface area contributed by atoms with Crippen LogP contribution in [0.1, 0.15) is 61.8 Å². The van der Waals surface area contributed by atoms with Crippen molar-refractivity contribution in [1.82, 2.24) is 9.91 Å². The Balaban J connectivity index is 1.48. The standard InChI is InChI=1S/C39H39Cl2N3O6/c1-19-15-21(16-20(2)33(19)45)32-25-12-13-26-31(36(48)43(34(26)46)38(3,4)5)27(25)18-28-35(47)44(42-30-14-9-23(40)17-29(30)41)37(49)39(28,32)22-7-10-24(50-6)11-8-22/h7-12,14-17,26-28,31-32,42,45H,13,18H2,1-6H3. The molecule has 2 aliphatic carbocycles. The molecule has 3 fully saturated rings. The molecule has 6 unspecified atom stereocenters. The molecule has 0 bridgehead atoms. The molecule has 3 aromatic carbocycles. The van der Waals surface area contributed by atoms with Crippen molar-refractivity contribution in [2.45, 2.75) is 64.3 Å². The minimum atomic E-state index is -1.48. The first kappa shape index (κ1) is 34.1. The van der Waals surface area contributed by atoms with Crippen molar-refractivity contribution in [1.29, 1.82) is 0 Å². The minimum Gasteiger partial charge on any atom is -0.507 e. The Morgan fingerprint density at radius 1 is 0.900 bits per heavy atom. The number of imide groups is 2. The summed E-state index contributed by atoms with van der Waals surface area (Å²) in [5.74, 6) is -4.11. The van der Waals surface area contributed by atoms with Crippen molar-refractivity contribution < 1.29 is 29.0 Å². The normalized spacial score (nSPS) is 27.6. The highest BCUT2D eigenvalue weighted by Gasteiger charge is 2.70. The van der Waals surface area contributed by atoms with Gasteiger partial charge in [-0.1, -0.05) is 59.1 Å². The first-order valence-electron chi connectivity index (χ1n) is 16.7. The van der Waals surface area contributed by atoms with E-state index in [0.29, 0.717) is 39.6 Å². The number of rotatable bonds is 5. The SMILES string of the molecule is COc1ccc(C23C(=O)N(Nc4ccc(Cl)cc4Cl)C(=O)C2CC2C(=CCC4C(=O)N(C(C)(C)C)C(=O)C42)C3c2cc(C)c(O)c(C)c2)cc1. The molecule has 3 aromatic rings. The van der Waals surface area contributed by atoms with Crippen molar-refractivity contribution >= 4 is 52.5 Å². The van der Waals surface area contributed by atoms with Crippen molar-refractivity contribution in [3.63, 3.8) is 0 Å². The number of carbonyl (C=O) groups is 4. The van der Waals surface area contributed by atoms with Gasteiger partial charge >= 0.3 is 0 Å².